The van der Waals surface area contributed by atoms with E-state index < -0.39 is 17.9 Å². The highest BCUT2D eigenvalue weighted by Gasteiger charge is 2.39. The maximum Gasteiger partial charge on any atom is 0.331 e. The predicted molar refractivity (Wildman–Crippen MR) is 123 cm³/mol. The van der Waals surface area contributed by atoms with Gasteiger partial charge >= 0.3 is 5.97 Å². The van der Waals surface area contributed by atoms with E-state index in [-0.39, 0.29) is 34.3 Å². The number of cyclic esters (lactones) is 1. The van der Waals surface area contributed by atoms with Gasteiger partial charge in [-0.2, -0.15) is 5.10 Å². The van der Waals surface area contributed by atoms with Crippen molar-refractivity contribution in [2.24, 2.45) is 7.05 Å². The molecule has 8 nitrogen and oxygen atoms in total. The standard InChI is InChI=1S/C23H19Cl2N3O5/c1-27-21(29)19(18(32-2)11-26-27)14-8-6-13(7-9-14)10-17-23(31)33-12-28(17)22(30)20-15(24)4-3-5-16(20)25/h3-9,11,17H,10,12H2,1-2H3. The Labute approximate surface area is 199 Å². The number of aromatic nitrogens is 2. The number of carbonyl (C=O) groups is 2. The van der Waals surface area contributed by atoms with Gasteiger partial charge in [0.2, 0.25) is 0 Å². The molecule has 170 valence electrons. The number of ether oxygens (including phenoxy) is 2. The molecule has 1 aromatic heterocycles. The van der Waals surface area contributed by atoms with Crippen LogP contribution in [0, 0.1) is 0 Å². The van der Waals surface area contributed by atoms with E-state index in [0.717, 1.165) is 5.56 Å². The Hall–Kier alpha value is -3.36. The number of halogens is 2. The summed E-state index contributed by atoms with van der Waals surface area (Å²) in [6.07, 6.45) is 1.70. The van der Waals surface area contributed by atoms with E-state index >= 15 is 0 Å². The first-order valence-electron chi connectivity index (χ1n) is 9.93. The number of carbonyl (C=O) groups excluding carboxylic acids is 2. The number of rotatable bonds is 5. The Bertz CT molecular complexity index is 1270. The summed E-state index contributed by atoms with van der Waals surface area (Å²) in [5.41, 5.74) is 1.63. The molecule has 10 heteroatoms. The van der Waals surface area contributed by atoms with E-state index in [1.165, 1.54) is 22.9 Å². The molecular weight excluding hydrogens is 469 g/mol. The van der Waals surface area contributed by atoms with Gasteiger partial charge in [0.15, 0.2) is 12.5 Å². The van der Waals surface area contributed by atoms with Gasteiger partial charge in [-0.3, -0.25) is 14.5 Å². The number of hydrogen-bond donors (Lipinski definition) is 0. The van der Waals surface area contributed by atoms with Gasteiger partial charge in [-0.05, 0) is 23.3 Å². The van der Waals surface area contributed by atoms with Crippen LogP contribution in [0.3, 0.4) is 0 Å². The SMILES string of the molecule is COc1cnn(C)c(=O)c1-c1ccc(CC2C(=O)OCN2C(=O)c2c(Cl)cccc2Cl)cc1. The summed E-state index contributed by atoms with van der Waals surface area (Å²) in [5.74, 6) is -0.637. The quantitative estimate of drug-likeness (QED) is 0.512. The highest BCUT2D eigenvalue weighted by atomic mass is 35.5. The Morgan fingerprint density at radius 3 is 2.45 bits per heavy atom. The molecule has 1 unspecified atom stereocenters. The molecule has 1 fully saturated rings. The highest BCUT2D eigenvalue weighted by Crippen LogP contribution is 2.29. The first kappa shape index (κ1) is 22.8. The molecule has 0 saturated carbocycles. The topological polar surface area (TPSA) is 90.7 Å². The van der Waals surface area contributed by atoms with Crippen LogP contribution < -0.4 is 10.3 Å². The van der Waals surface area contributed by atoms with E-state index in [2.05, 4.69) is 5.10 Å². The van der Waals surface area contributed by atoms with Crippen LogP contribution in [-0.4, -0.2) is 46.4 Å². The van der Waals surface area contributed by atoms with Crippen molar-refractivity contribution in [3.63, 3.8) is 0 Å². The molecule has 2 heterocycles. The van der Waals surface area contributed by atoms with Crippen LogP contribution in [0.15, 0.2) is 53.5 Å². The number of methoxy groups -OCH3 is 1. The molecule has 33 heavy (non-hydrogen) atoms. The number of hydrogen-bond acceptors (Lipinski definition) is 6. The Kier molecular flexibility index (Phi) is 6.40. The third kappa shape index (κ3) is 4.31. The lowest BCUT2D eigenvalue weighted by atomic mass is 10.0. The van der Waals surface area contributed by atoms with Crippen LogP contribution in [0.25, 0.3) is 11.1 Å². The molecule has 1 saturated heterocycles. The van der Waals surface area contributed by atoms with Gasteiger partial charge in [-0.25, -0.2) is 9.48 Å². The van der Waals surface area contributed by atoms with Gasteiger partial charge in [-0.15, -0.1) is 0 Å². The zero-order chi connectivity index (χ0) is 23.7. The number of amides is 1. The van der Waals surface area contributed by atoms with E-state index in [0.29, 0.717) is 16.9 Å². The monoisotopic (exact) mass is 487 g/mol. The van der Waals surface area contributed by atoms with Crippen molar-refractivity contribution in [3.8, 4) is 16.9 Å². The van der Waals surface area contributed by atoms with E-state index in [4.69, 9.17) is 32.7 Å². The summed E-state index contributed by atoms with van der Waals surface area (Å²) in [6.45, 7) is -0.188. The molecule has 0 bridgehead atoms. The number of aryl methyl sites for hydroxylation is 1. The summed E-state index contributed by atoms with van der Waals surface area (Å²) >= 11 is 12.3. The van der Waals surface area contributed by atoms with E-state index in [1.807, 2.05) is 0 Å². The van der Waals surface area contributed by atoms with Crippen molar-refractivity contribution < 1.29 is 19.1 Å². The third-order valence-corrected chi connectivity index (χ3v) is 6.06. The van der Waals surface area contributed by atoms with Crippen LogP contribution in [0.4, 0.5) is 0 Å². The molecule has 1 amide bonds. The van der Waals surface area contributed by atoms with Gasteiger partial charge < -0.3 is 9.47 Å². The zero-order valence-corrected chi connectivity index (χ0v) is 19.3. The van der Waals surface area contributed by atoms with Gasteiger partial charge in [0, 0.05) is 13.5 Å². The molecule has 0 spiro atoms. The fourth-order valence-electron chi connectivity index (χ4n) is 3.66. The minimum absolute atomic E-state index is 0.125. The Balaban J connectivity index is 1.60. The maximum atomic E-state index is 13.1. The second-order valence-corrected chi connectivity index (χ2v) is 8.21. The van der Waals surface area contributed by atoms with Crippen LogP contribution in [0.1, 0.15) is 15.9 Å². The van der Waals surface area contributed by atoms with E-state index in [1.54, 1.807) is 49.5 Å². The minimum Gasteiger partial charge on any atom is -0.494 e. The van der Waals surface area contributed by atoms with Crippen molar-refractivity contribution in [1.29, 1.82) is 0 Å². The largest absolute Gasteiger partial charge is 0.494 e. The molecule has 1 aliphatic heterocycles. The molecule has 4 rings (SSSR count). The fourth-order valence-corrected chi connectivity index (χ4v) is 4.22. The number of nitrogens with zero attached hydrogens (tertiary/aromatic N) is 3. The second-order valence-electron chi connectivity index (χ2n) is 7.40. The first-order chi connectivity index (χ1) is 15.8. The molecule has 2 aromatic carbocycles. The Morgan fingerprint density at radius 1 is 1.15 bits per heavy atom. The van der Waals surface area contributed by atoms with Gasteiger partial charge in [0.25, 0.3) is 11.5 Å². The lowest BCUT2D eigenvalue weighted by Crippen LogP contribution is -2.39. The predicted octanol–water partition coefficient (Wildman–Crippen LogP) is 3.33. The molecule has 1 aliphatic rings. The molecule has 0 radical (unpaired) electrons. The summed E-state index contributed by atoms with van der Waals surface area (Å²) in [5, 5.41) is 4.36. The summed E-state index contributed by atoms with van der Waals surface area (Å²) < 4.78 is 11.6. The average molecular weight is 488 g/mol. The van der Waals surface area contributed by atoms with Gasteiger partial charge in [0.1, 0.15) is 6.04 Å². The summed E-state index contributed by atoms with van der Waals surface area (Å²) in [7, 11) is 3.03. The fraction of sp³-hybridized carbons (Fsp3) is 0.217. The highest BCUT2D eigenvalue weighted by molar-refractivity contribution is 6.39. The summed E-state index contributed by atoms with van der Waals surface area (Å²) in [6, 6.07) is 11.0. The van der Waals surface area contributed by atoms with Crippen LogP contribution in [0.2, 0.25) is 10.0 Å². The minimum atomic E-state index is -0.834. The van der Waals surface area contributed by atoms with Crippen molar-refractivity contribution in [1.82, 2.24) is 14.7 Å². The lowest BCUT2D eigenvalue weighted by molar-refractivity contribution is -0.139. The molecule has 1 atom stereocenters. The molecular formula is C23H19Cl2N3O5. The first-order valence-corrected chi connectivity index (χ1v) is 10.7. The molecule has 0 aliphatic carbocycles. The maximum absolute atomic E-state index is 13.1. The Morgan fingerprint density at radius 2 is 1.82 bits per heavy atom. The normalized spacial score (nSPS) is 15.5. The second kappa shape index (κ2) is 9.25. The van der Waals surface area contributed by atoms with Crippen LogP contribution in [-0.2, 0) is 23.0 Å². The molecule has 3 aromatic rings. The van der Waals surface area contributed by atoms with E-state index in [9.17, 15) is 14.4 Å². The van der Waals surface area contributed by atoms with Crippen molar-refractivity contribution >= 4 is 35.1 Å². The lowest BCUT2D eigenvalue weighted by Gasteiger charge is -2.21. The number of esters is 1. The number of benzene rings is 2. The van der Waals surface area contributed by atoms with Gasteiger partial charge in [-0.1, -0.05) is 53.5 Å². The van der Waals surface area contributed by atoms with Crippen molar-refractivity contribution in [2.75, 3.05) is 13.8 Å². The van der Waals surface area contributed by atoms with Crippen LogP contribution in [0.5, 0.6) is 5.75 Å². The van der Waals surface area contributed by atoms with Crippen LogP contribution >= 0.6 is 23.2 Å². The third-order valence-electron chi connectivity index (χ3n) is 5.43. The average Bonchev–Trinajstić information content (AvgIpc) is 3.16. The van der Waals surface area contributed by atoms with Crippen molar-refractivity contribution in [2.45, 2.75) is 12.5 Å². The van der Waals surface area contributed by atoms with Gasteiger partial charge in [0.05, 0.1) is 34.5 Å². The zero-order valence-electron chi connectivity index (χ0n) is 17.7. The van der Waals surface area contributed by atoms with Crippen molar-refractivity contribution in [3.05, 3.63) is 80.2 Å². The molecule has 0 N–H and O–H groups in total. The smallest absolute Gasteiger partial charge is 0.331 e. The summed E-state index contributed by atoms with van der Waals surface area (Å²) in [4.78, 5) is 39.3.